The Morgan fingerprint density at radius 2 is 1.75 bits per heavy atom. The van der Waals surface area contributed by atoms with Crippen molar-refractivity contribution < 1.29 is 14.7 Å². The highest BCUT2D eigenvalue weighted by Gasteiger charge is 2.45. The summed E-state index contributed by atoms with van der Waals surface area (Å²) in [5.41, 5.74) is 2.46. The SMILES string of the molecule is Cc1ccc(/C(O)=C2\C(=O)C(=O)N(CCCN(C)C)[C@H]2c2ccncc2)cc1. The molecule has 1 aliphatic rings. The minimum atomic E-state index is -0.648. The molecular weight excluding hydrogens is 354 g/mol. The van der Waals surface area contributed by atoms with Gasteiger partial charge in [-0.15, -0.1) is 0 Å². The Labute approximate surface area is 165 Å². The molecule has 0 unspecified atom stereocenters. The summed E-state index contributed by atoms with van der Waals surface area (Å²) < 4.78 is 0. The Morgan fingerprint density at radius 3 is 2.36 bits per heavy atom. The van der Waals surface area contributed by atoms with Gasteiger partial charge in [-0.25, -0.2) is 0 Å². The van der Waals surface area contributed by atoms with E-state index in [1.165, 1.54) is 0 Å². The van der Waals surface area contributed by atoms with Crippen LogP contribution in [0.3, 0.4) is 0 Å². The maximum Gasteiger partial charge on any atom is 0.295 e. The smallest absolute Gasteiger partial charge is 0.295 e. The van der Waals surface area contributed by atoms with E-state index in [9.17, 15) is 14.7 Å². The second kappa shape index (κ2) is 8.35. The van der Waals surface area contributed by atoms with Crippen molar-refractivity contribution in [2.45, 2.75) is 19.4 Å². The van der Waals surface area contributed by atoms with Crippen LogP contribution < -0.4 is 0 Å². The highest BCUT2D eigenvalue weighted by atomic mass is 16.3. The van der Waals surface area contributed by atoms with Gasteiger partial charge in [-0.05, 0) is 51.7 Å². The molecule has 1 aromatic heterocycles. The maximum absolute atomic E-state index is 12.8. The van der Waals surface area contributed by atoms with Gasteiger partial charge in [0.1, 0.15) is 5.76 Å². The molecule has 1 N–H and O–H groups in total. The number of likely N-dealkylation sites (tertiary alicyclic amines) is 1. The number of carbonyl (C=O) groups is 2. The predicted molar refractivity (Wildman–Crippen MR) is 108 cm³/mol. The number of rotatable bonds is 6. The molecule has 6 heteroatoms. The standard InChI is InChI=1S/C22H25N3O3/c1-15-5-7-17(8-6-15)20(26)18-19(16-9-11-23-12-10-16)25(22(28)21(18)27)14-4-13-24(2)3/h5-12,19,26H,4,13-14H2,1-3H3/b20-18+/t19-/m0/s1. The maximum atomic E-state index is 12.8. The number of amides is 1. The molecule has 1 aromatic carbocycles. The summed E-state index contributed by atoms with van der Waals surface area (Å²) in [6.07, 6.45) is 3.98. The van der Waals surface area contributed by atoms with Gasteiger partial charge in [0.15, 0.2) is 0 Å². The highest BCUT2D eigenvalue weighted by molar-refractivity contribution is 6.46. The van der Waals surface area contributed by atoms with Crippen molar-refractivity contribution in [1.82, 2.24) is 14.8 Å². The molecule has 1 atom stereocenters. The molecule has 0 aliphatic carbocycles. The molecule has 1 fully saturated rings. The van der Waals surface area contributed by atoms with Crippen LogP contribution in [0.25, 0.3) is 5.76 Å². The average molecular weight is 379 g/mol. The largest absolute Gasteiger partial charge is 0.507 e. The number of aliphatic hydroxyl groups is 1. The van der Waals surface area contributed by atoms with E-state index in [1.807, 2.05) is 38.1 Å². The molecule has 28 heavy (non-hydrogen) atoms. The molecule has 0 spiro atoms. The van der Waals surface area contributed by atoms with E-state index in [0.29, 0.717) is 12.1 Å². The molecule has 3 rings (SSSR count). The molecule has 0 saturated carbocycles. The van der Waals surface area contributed by atoms with Crippen LogP contribution >= 0.6 is 0 Å². The fraction of sp³-hybridized carbons (Fsp3) is 0.318. The third kappa shape index (κ3) is 3.97. The summed E-state index contributed by atoms with van der Waals surface area (Å²) in [5.74, 6) is -1.37. The zero-order valence-corrected chi connectivity index (χ0v) is 16.4. The van der Waals surface area contributed by atoms with Gasteiger partial charge < -0.3 is 14.9 Å². The fourth-order valence-corrected chi connectivity index (χ4v) is 3.43. The van der Waals surface area contributed by atoms with Gasteiger partial charge in [0, 0.05) is 24.5 Å². The van der Waals surface area contributed by atoms with Crippen molar-refractivity contribution in [3.8, 4) is 0 Å². The van der Waals surface area contributed by atoms with Crippen molar-refractivity contribution in [2.75, 3.05) is 27.2 Å². The van der Waals surface area contributed by atoms with Crippen molar-refractivity contribution in [3.05, 3.63) is 71.1 Å². The molecule has 0 bridgehead atoms. The van der Waals surface area contributed by atoms with E-state index in [1.54, 1.807) is 41.6 Å². The molecule has 2 aromatic rings. The van der Waals surface area contributed by atoms with Gasteiger partial charge in [-0.1, -0.05) is 29.8 Å². The van der Waals surface area contributed by atoms with Gasteiger partial charge in [0.25, 0.3) is 11.7 Å². The van der Waals surface area contributed by atoms with Gasteiger partial charge in [-0.3, -0.25) is 14.6 Å². The lowest BCUT2D eigenvalue weighted by atomic mass is 9.95. The first-order chi connectivity index (χ1) is 13.4. The van der Waals surface area contributed by atoms with E-state index < -0.39 is 17.7 Å². The number of nitrogens with zero attached hydrogens (tertiary/aromatic N) is 3. The monoisotopic (exact) mass is 379 g/mol. The van der Waals surface area contributed by atoms with Crippen molar-refractivity contribution >= 4 is 17.4 Å². The second-order valence-electron chi connectivity index (χ2n) is 7.30. The summed E-state index contributed by atoms with van der Waals surface area (Å²) in [5, 5.41) is 10.9. The number of hydrogen-bond donors (Lipinski definition) is 1. The summed E-state index contributed by atoms with van der Waals surface area (Å²) in [7, 11) is 3.93. The van der Waals surface area contributed by atoms with Gasteiger partial charge in [0.2, 0.25) is 0 Å². The lowest BCUT2D eigenvalue weighted by Gasteiger charge is -2.25. The molecule has 1 amide bonds. The number of aliphatic hydroxyl groups excluding tert-OH is 1. The Bertz CT molecular complexity index is 889. The second-order valence-corrected chi connectivity index (χ2v) is 7.30. The van der Waals surface area contributed by atoms with Gasteiger partial charge >= 0.3 is 0 Å². The zero-order valence-electron chi connectivity index (χ0n) is 16.4. The number of aryl methyl sites for hydroxylation is 1. The van der Waals surface area contributed by atoms with E-state index in [4.69, 9.17) is 0 Å². The van der Waals surface area contributed by atoms with Crippen LogP contribution in [0, 0.1) is 6.92 Å². The Hall–Kier alpha value is -2.99. The van der Waals surface area contributed by atoms with E-state index in [0.717, 1.165) is 24.1 Å². The molecule has 0 radical (unpaired) electrons. The van der Waals surface area contributed by atoms with Crippen LogP contribution in [0.2, 0.25) is 0 Å². The number of aromatic nitrogens is 1. The first-order valence-corrected chi connectivity index (χ1v) is 9.30. The van der Waals surface area contributed by atoms with Crippen LogP contribution in [0.5, 0.6) is 0 Å². The summed E-state index contributed by atoms with van der Waals surface area (Å²) in [6.45, 7) is 3.18. The minimum Gasteiger partial charge on any atom is -0.507 e. The predicted octanol–water partition coefficient (Wildman–Crippen LogP) is 2.76. The van der Waals surface area contributed by atoms with Gasteiger partial charge in [-0.2, -0.15) is 0 Å². The summed E-state index contributed by atoms with van der Waals surface area (Å²) in [4.78, 5) is 33.2. The number of Topliss-reactive ketones (excluding diaryl/α,β-unsaturated/α-hetero) is 1. The molecule has 1 aliphatic heterocycles. The van der Waals surface area contributed by atoms with E-state index in [-0.39, 0.29) is 11.3 Å². The van der Waals surface area contributed by atoms with E-state index >= 15 is 0 Å². The third-order valence-corrected chi connectivity index (χ3v) is 4.89. The normalized spacial score (nSPS) is 18.9. The lowest BCUT2D eigenvalue weighted by Crippen LogP contribution is -2.32. The van der Waals surface area contributed by atoms with Gasteiger partial charge in [0.05, 0.1) is 11.6 Å². The van der Waals surface area contributed by atoms with Crippen LogP contribution in [0.4, 0.5) is 0 Å². The van der Waals surface area contributed by atoms with Crippen molar-refractivity contribution in [2.24, 2.45) is 0 Å². The Balaban J connectivity index is 2.06. The molecular formula is C22H25N3O3. The Morgan fingerprint density at radius 1 is 1.11 bits per heavy atom. The zero-order chi connectivity index (χ0) is 20.3. The quantitative estimate of drug-likeness (QED) is 0.475. The number of hydrogen-bond acceptors (Lipinski definition) is 5. The summed E-state index contributed by atoms with van der Waals surface area (Å²) >= 11 is 0. The van der Waals surface area contributed by atoms with Crippen LogP contribution in [0.15, 0.2) is 54.4 Å². The molecule has 2 heterocycles. The van der Waals surface area contributed by atoms with E-state index in [2.05, 4.69) is 4.98 Å². The highest BCUT2D eigenvalue weighted by Crippen LogP contribution is 2.39. The van der Waals surface area contributed by atoms with Crippen LogP contribution in [0.1, 0.15) is 29.2 Å². The minimum absolute atomic E-state index is 0.130. The number of carbonyl (C=O) groups excluding carboxylic acids is 2. The molecule has 146 valence electrons. The first kappa shape index (κ1) is 19.8. The van der Waals surface area contributed by atoms with Crippen molar-refractivity contribution in [3.63, 3.8) is 0 Å². The van der Waals surface area contributed by atoms with Crippen LogP contribution in [-0.2, 0) is 9.59 Å². The number of pyridine rings is 1. The topological polar surface area (TPSA) is 73.7 Å². The first-order valence-electron chi connectivity index (χ1n) is 9.30. The third-order valence-electron chi connectivity index (χ3n) is 4.89. The lowest BCUT2D eigenvalue weighted by molar-refractivity contribution is -0.139. The fourth-order valence-electron chi connectivity index (χ4n) is 3.43. The van der Waals surface area contributed by atoms with Crippen molar-refractivity contribution in [1.29, 1.82) is 0 Å². The van der Waals surface area contributed by atoms with Crippen LogP contribution in [-0.4, -0.2) is 58.8 Å². The Kier molecular flexibility index (Phi) is 5.90. The summed E-state index contributed by atoms with van der Waals surface area (Å²) in [6, 6.07) is 10.2. The molecule has 6 nitrogen and oxygen atoms in total. The molecule has 1 saturated heterocycles. The number of ketones is 1. The number of benzene rings is 1. The average Bonchev–Trinajstić information content (AvgIpc) is 2.93.